The lowest BCUT2D eigenvalue weighted by Gasteiger charge is -2.20. The first kappa shape index (κ1) is 29.8. The molecule has 0 fully saturated rings. The van der Waals surface area contributed by atoms with Crippen molar-refractivity contribution in [2.24, 2.45) is 0 Å². The molecule has 0 bridgehead atoms. The number of alkyl halides is 12. The zero-order chi connectivity index (χ0) is 29.8. The Balaban J connectivity index is 2.32. The predicted octanol–water partition coefficient (Wildman–Crippen LogP) is 6.33. The van der Waals surface area contributed by atoms with Crippen LogP contribution in [-0.2, 0) is 28.4 Å². The molecule has 0 radical (unpaired) electrons. The summed E-state index contributed by atoms with van der Waals surface area (Å²) in [5, 5.41) is 1.66. The number of hydrogen-bond acceptors (Lipinski definition) is 5. The van der Waals surface area contributed by atoms with Crippen molar-refractivity contribution >= 4 is 21.5 Å². The van der Waals surface area contributed by atoms with Crippen LogP contribution in [0.25, 0.3) is 5.69 Å². The van der Waals surface area contributed by atoms with Crippen LogP contribution in [0, 0.1) is 0 Å². The summed E-state index contributed by atoms with van der Waals surface area (Å²) in [5.74, 6) is -1.44. The van der Waals surface area contributed by atoms with E-state index in [2.05, 4.69) is 4.98 Å². The maximum atomic E-state index is 13.5. The van der Waals surface area contributed by atoms with Gasteiger partial charge in [-0.15, -0.1) is 0 Å². The molecule has 3 aromatic rings. The van der Waals surface area contributed by atoms with Gasteiger partial charge < -0.3 is 5.32 Å². The van der Waals surface area contributed by atoms with E-state index in [-0.39, 0.29) is 34.9 Å². The van der Waals surface area contributed by atoms with Gasteiger partial charge in [0, 0.05) is 6.07 Å². The monoisotopic (exact) mass is 599 g/mol. The molecule has 0 atom stereocenters. The fourth-order valence-electron chi connectivity index (χ4n) is 3.07. The molecule has 3 rings (SSSR count). The van der Waals surface area contributed by atoms with Gasteiger partial charge in [-0.2, -0.15) is 52.7 Å². The summed E-state index contributed by atoms with van der Waals surface area (Å²) < 4.78 is 182. The highest BCUT2D eigenvalue weighted by Gasteiger charge is 2.47. The van der Waals surface area contributed by atoms with Crippen molar-refractivity contribution < 1.29 is 61.1 Å². The number of hydrogen-bond donors (Lipinski definition) is 1. The molecule has 39 heavy (non-hydrogen) atoms. The Labute approximate surface area is 208 Å². The van der Waals surface area contributed by atoms with Gasteiger partial charge in [0.15, 0.2) is 5.69 Å². The lowest BCUT2D eigenvalue weighted by Crippen LogP contribution is -2.27. The van der Waals surface area contributed by atoms with E-state index in [4.69, 9.17) is 0 Å². The quantitative estimate of drug-likeness (QED) is 0.355. The highest BCUT2D eigenvalue weighted by atomic mass is 32.2. The van der Waals surface area contributed by atoms with Crippen LogP contribution in [0.15, 0.2) is 58.2 Å². The fraction of sp³-hybridized carbons (Fsp3) is 0.200. The standard InChI is InChI=1S/C20H9F12N3O3S/c21-17(22,23)9-4-5-13(12(6-9)18(24,25)26)33-16-34-14(19(27,28)29)8-15(36)35(16)10-2-1-3-11(7-10)39(37,38)20(30,31)32/h1-8H,(H,33,34). The second-order valence-corrected chi connectivity index (χ2v) is 9.40. The van der Waals surface area contributed by atoms with Crippen LogP contribution in [0.5, 0.6) is 0 Å². The first-order valence-electron chi connectivity index (χ1n) is 9.72. The van der Waals surface area contributed by atoms with Crippen molar-refractivity contribution in [3.8, 4) is 5.69 Å². The number of aromatic nitrogens is 2. The molecule has 1 N–H and O–H groups in total. The molecule has 6 nitrogen and oxygen atoms in total. The fourth-order valence-corrected chi connectivity index (χ4v) is 3.87. The lowest BCUT2D eigenvalue weighted by atomic mass is 10.1. The van der Waals surface area contributed by atoms with Crippen LogP contribution in [-0.4, -0.2) is 23.5 Å². The molecule has 0 aliphatic rings. The molecule has 19 heteroatoms. The van der Waals surface area contributed by atoms with Gasteiger partial charge in [0.25, 0.3) is 15.4 Å². The van der Waals surface area contributed by atoms with Gasteiger partial charge in [0.05, 0.1) is 27.4 Å². The topological polar surface area (TPSA) is 81.1 Å². The van der Waals surface area contributed by atoms with Gasteiger partial charge in [0.2, 0.25) is 5.95 Å². The van der Waals surface area contributed by atoms with Crippen LogP contribution in [0.1, 0.15) is 16.8 Å². The summed E-state index contributed by atoms with van der Waals surface area (Å²) in [6.45, 7) is 0. The molecule has 1 aromatic heterocycles. The summed E-state index contributed by atoms with van der Waals surface area (Å²) in [6, 6.07) is 1.69. The minimum atomic E-state index is -6.06. The largest absolute Gasteiger partial charge is 0.501 e. The molecule has 2 aromatic carbocycles. The summed E-state index contributed by atoms with van der Waals surface area (Å²) >= 11 is 0. The number of halogens is 12. The first-order chi connectivity index (χ1) is 17.5. The first-order valence-corrected chi connectivity index (χ1v) is 11.2. The molecule has 0 spiro atoms. The van der Waals surface area contributed by atoms with Crippen molar-refractivity contribution in [1.29, 1.82) is 0 Å². The third-order valence-electron chi connectivity index (χ3n) is 4.80. The zero-order valence-corrected chi connectivity index (χ0v) is 19.0. The van der Waals surface area contributed by atoms with Crippen LogP contribution >= 0.6 is 0 Å². The Morgan fingerprint density at radius 3 is 1.87 bits per heavy atom. The van der Waals surface area contributed by atoms with E-state index in [9.17, 15) is 65.9 Å². The minimum Gasteiger partial charge on any atom is -0.325 e. The zero-order valence-electron chi connectivity index (χ0n) is 18.2. The van der Waals surface area contributed by atoms with E-state index in [1.165, 1.54) is 0 Å². The molecule has 1 heterocycles. The minimum absolute atomic E-state index is 0.00244. The third kappa shape index (κ3) is 6.12. The Hall–Kier alpha value is -3.77. The Kier molecular flexibility index (Phi) is 7.22. The van der Waals surface area contributed by atoms with Gasteiger partial charge in [-0.1, -0.05) is 6.07 Å². The number of benzene rings is 2. The van der Waals surface area contributed by atoms with Crippen LogP contribution in [0.4, 0.5) is 64.3 Å². The summed E-state index contributed by atoms with van der Waals surface area (Å²) in [7, 11) is -6.06. The molecule has 0 amide bonds. The highest BCUT2D eigenvalue weighted by molar-refractivity contribution is 7.92. The van der Waals surface area contributed by atoms with Crippen molar-refractivity contribution in [3.63, 3.8) is 0 Å². The maximum absolute atomic E-state index is 13.5. The smallest absolute Gasteiger partial charge is 0.325 e. The predicted molar refractivity (Wildman–Crippen MR) is 108 cm³/mol. The normalized spacial score (nSPS) is 13.4. The average molecular weight is 599 g/mol. The molecular weight excluding hydrogens is 590 g/mol. The number of rotatable bonds is 4. The highest BCUT2D eigenvalue weighted by Crippen LogP contribution is 2.40. The summed E-state index contributed by atoms with van der Waals surface area (Å²) in [5.41, 5.74) is -15.7. The van der Waals surface area contributed by atoms with Crippen LogP contribution < -0.4 is 10.9 Å². The molecule has 0 aliphatic heterocycles. The molecular formula is C20H9F12N3O3S. The number of nitrogens with one attached hydrogen (secondary N) is 1. The molecule has 0 saturated carbocycles. The SMILES string of the molecule is O=c1cc(C(F)(F)F)nc(Nc2ccc(C(F)(F)F)cc2C(F)(F)F)n1-c1cccc(S(=O)(=O)C(F)(F)F)c1. The van der Waals surface area contributed by atoms with Gasteiger partial charge in [-0.25, -0.2) is 18.0 Å². The van der Waals surface area contributed by atoms with Crippen molar-refractivity contribution in [2.75, 3.05) is 5.32 Å². The molecule has 0 unspecified atom stereocenters. The lowest BCUT2D eigenvalue weighted by molar-refractivity contribution is -0.143. The van der Waals surface area contributed by atoms with Gasteiger partial charge in [-0.3, -0.25) is 4.79 Å². The number of sulfone groups is 1. The summed E-state index contributed by atoms with van der Waals surface area (Å²) in [6.07, 6.45) is -16.2. The maximum Gasteiger partial charge on any atom is 0.501 e. The van der Waals surface area contributed by atoms with Crippen LogP contribution in [0.3, 0.4) is 0 Å². The summed E-state index contributed by atoms with van der Waals surface area (Å²) in [4.78, 5) is 14.1. The van der Waals surface area contributed by atoms with E-state index >= 15 is 0 Å². The molecule has 0 aliphatic carbocycles. The van der Waals surface area contributed by atoms with E-state index in [1.54, 1.807) is 5.32 Å². The number of anilines is 2. The Morgan fingerprint density at radius 2 is 1.36 bits per heavy atom. The van der Waals surface area contributed by atoms with Gasteiger partial charge in [0.1, 0.15) is 0 Å². The van der Waals surface area contributed by atoms with Gasteiger partial charge >= 0.3 is 24.0 Å². The van der Waals surface area contributed by atoms with Gasteiger partial charge in [-0.05, 0) is 36.4 Å². The van der Waals surface area contributed by atoms with E-state index in [0.717, 1.165) is 0 Å². The van der Waals surface area contributed by atoms with Crippen molar-refractivity contribution in [3.05, 3.63) is 75.7 Å². The third-order valence-corrected chi connectivity index (χ3v) is 6.28. The van der Waals surface area contributed by atoms with E-state index < -0.39 is 78.5 Å². The molecule has 0 saturated heterocycles. The molecule has 212 valence electrons. The van der Waals surface area contributed by atoms with Crippen molar-refractivity contribution in [1.82, 2.24) is 9.55 Å². The second kappa shape index (κ2) is 9.45. The second-order valence-electron chi connectivity index (χ2n) is 7.46. The number of nitrogens with zero attached hydrogens (tertiary/aromatic N) is 2. The van der Waals surface area contributed by atoms with E-state index in [0.29, 0.717) is 18.2 Å². The average Bonchev–Trinajstić information content (AvgIpc) is 2.76. The Morgan fingerprint density at radius 1 is 0.744 bits per heavy atom. The van der Waals surface area contributed by atoms with E-state index in [1.807, 2.05) is 0 Å². The van der Waals surface area contributed by atoms with Crippen molar-refractivity contribution in [2.45, 2.75) is 28.9 Å². The van der Waals surface area contributed by atoms with Crippen LogP contribution in [0.2, 0.25) is 0 Å². The Bertz CT molecular complexity index is 1570.